The van der Waals surface area contributed by atoms with Gasteiger partial charge in [0.05, 0.1) is 12.2 Å². The molecular weight excluding hydrogens is 703 g/mol. The van der Waals surface area contributed by atoms with Crippen molar-refractivity contribution in [2.75, 3.05) is 0 Å². The lowest BCUT2D eigenvalue weighted by Crippen LogP contribution is -2.42. The third-order valence-electron chi connectivity index (χ3n) is 9.70. The van der Waals surface area contributed by atoms with Gasteiger partial charge in [-0.3, -0.25) is 0 Å². The van der Waals surface area contributed by atoms with Crippen molar-refractivity contribution in [3.63, 3.8) is 0 Å². The van der Waals surface area contributed by atoms with Crippen molar-refractivity contribution in [2.24, 2.45) is 16.7 Å². The monoisotopic (exact) mass is 757 g/mol. The highest BCUT2D eigenvalue weighted by atomic mass is 32.1. The second-order valence-electron chi connectivity index (χ2n) is 14.8. The van der Waals surface area contributed by atoms with Gasteiger partial charge in [0.1, 0.15) is 23.5 Å². The van der Waals surface area contributed by atoms with Crippen LogP contribution in [0.3, 0.4) is 0 Å². The zero-order valence-electron chi connectivity index (χ0n) is 32.3. The number of fused-ring (bicyclic) bond motifs is 5. The summed E-state index contributed by atoms with van der Waals surface area (Å²) in [6.45, 7) is 13.2. The normalized spacial score (nSPS) is 28.6. The number of nitrogens with zero attached hydrogens (tertiary/aromatic N) is 2. The van der Waals surface area contributed by atoms with E-state index >= 15 is 0 Å². The van der Waals surface area contributed by atoms with Crippen LogP contribution in [0.15, 0.2) is 107 Å². The molecule has 0 spiro atoms. The van der Waals surface area contributed by atoms with E-state index in [1.807, 2.05) is 121 Å². The zero-order chi connectivity index (χ0) is 39.3. The molecule has 7 atom stereocenters. The van der Waals surface area contributed by atoms with E-state index in [1.165, 1.54) is 17.6 Å². The molecule has 1 saturated heterocycles. The van der Waals surface area contributed by atoms with Crippen molar-refractivity contribution in [2.45, 2.75) is 104 Å². The number of esters is 2. The maximum Gasteiger partial charge on any atom is 0.360 e. The van der Waals surface area contributed by atoms with Gasteiger partial charge in [0.15, 0.2) is 17.3 Å². The number of rotatable bonds is 6. The molecule has 4 bridgehead atoms. The van der Waals surface area contributed by atoms with Crippen LogP contribution in [0.25, 0.3) is 6.08 Å². The fraction of sp³-hybridized carbons (Fsp3) is 0.442. The van der Waals surface area contributed by atoms with Crippen LogP contribution in [-0.4, -0.2) is 68.6 Å². The second kappa shape index (κ2) is 19.8. The van der Waals surface area contributed by atoms with Crippen molar-refractivity contribution >= 4 is 29.4 Å². The Labute approximate surface area is 323 Å². The molecule has 4 heterocycles. The number of aliphatic hydroxyl groups excluding tert-OH is 2. The lowest BCUT2D eigenvalue weighted by atomic mass is 9.79. The molecule has 10 nitrogen and oxygen atoms in total. The molecule has 1 fully saturated rings. The summed E-state index contributed by atoms with van der Waals surface area (Å²) in [7, 11) is 0. The molecule has 3 N–H and O–H groups in total. The van der Waals surface area contributed by atoms with Gasteiger partial charge in [-0.15, -0.1) is 11.3 Å². The minimum absolute atomic E-state index is 0.0587. The molecule has 2 aromatic heterocycles. The molecule has 11 heteroatoms. The van der Waals surface area contributed by atoms with Crippen LogP contribution in [0.2, 0.25) is 0 Å². The average Bonchev–Trinajstić information content (AvgIpc) is 3.45. The van der Waals surface area contributed by atoms with Gasteiger partial charge in [-0.05, 0) is 25.8 Å². The van der Waals surface area contributed by atoms with Gasteiger partial charge in [-0.1, -0.05) is 126 Å². The van der Waals surface area contributed by atoms with Gasteiger partial charge in [0, 0.05) is 47.6 Å². The van der Waals surface area contributed by atoms with E-state index < -0.39 is 47.2 Å². The Kier molecular flexibility index (Phi) is 15.5. The zero-order valence-corrected chi connectivity index (χ0v) is 33.1. The van der Waals surface area contributed by atoms with E-state index in [0.717, 1.165) is 0 Å². The van der Waals surface area contributed by atoms with E-state index in [2.05, 4.69) is 15.3 Å². The number of aromatic nitrogens is 2. The Bertz CT molecular complexity index is 1790. The lowest BCUT2D eigenvalue weighted by Gasteiger charge is -2.36. The molecule has 0 saturated carbocycles. The molecule has 0 aliphatic carbocycles. The van der Waals surface area contributed by atoms with Gasteiger partial charge >= 0.3 is 11.9 Å². The first-order valence-electron chi connectivity index (χ1n) is 18.5. The number of hydrogen-bond donors (Lipinski definition) is 3. The van der Waals surface area contributed by atoms with Gasteiger partial charge in [-0.2, -0.15) is 0 Å². The van der Waals surface area contributed by atoms with E-state index in [9.17, 15) is 19.8 Å². The molecule has 0 radical (unpaired) electrons. The molecule has 2 aliphatic rings. The highest BCUT2D eigenvalue weighted by molar-refractivity contribution is 7.10. The Morgan fingerprint density at radius 2 is 1.39 bits per heavy atom. The van der Waals surface area contributed by atoms with Crippen LogP contribution in [-0.2, 0) is 15.9 Å². The highest BCUT2D eigenvalue weighted by Crippen LogP contribution is 2.34. The van der Waals surface area contributed by atoms with Gasteiger partial charge in [-0.25, -0.2) is 19.6 Å². The summed E-state index contributed by atoms with van der Waals surface area (Å²) in [5.74, 6) is -0.677. The van der Waals surface area contributed by atoms with Crippen LogP contribution < -0.4 is 5.32 Å². The van der Waals surface area contributed by atoms with Crippen molar-refractivity contribution < 1.29 is 33.7 Å². The smallest absolute Gasteiger partial charge is 0.360 e. The van der Waals surface area contributed by atoms with Crippen LogP contribution in [0.1, 0.15) is 93.2 Å². The van der Waals surface area contributed by atoms with Crippen LogP contribution in [0.4, 0.5) is 0 Å². The molecule has 54 heavy (non-hydrogen) atoms. The third-order valence-corrected chi connectivity index (χ3v) is 10.5. The molecular formula is C43H55N3O7S. The number of nitrogens with one attached hydrogen (secondary N) is 1. The molecule has 2 aliphatic heterocycles. The summed E-state index contributed by atoms with van der Waals surface area (Å²) < 4.78 is 17.6. The highest BCUT2D eigenvalue weighted by Gasteiger charge is 2.39. The summed E-state index contributed by atoms with van der Waals surface area (Å²) in [5.41, 5.74) is -1.27. The number of hydrogen-bond acceptors (Lipinski definition) is 11. The number of allylic oxidation sites excluding steroid dienone is 9. The average molecular weight is 758 g/mol. The SMILES string of the molecule is C/C=C/[C@H](O)C(C)(C)[C@@H]1C/C=C\[C@H]2N[C@H]2/C=C/C=C\c2nc(cs2)C(=O)O[C@H](C(C)(C)[C@@H](O)/C=C/C)C\C=C/C=C\C=C\[C@H](C)Cc2nc(co2)C(=O)O1. The summed E-state index contributed by atoms with van der Waals surface area (Å²) in [6, 6.07) is 0.239. The number of carbonyl (C=O) groups excluding carboxylic acids is 2. The van der Waals surface area contributed by atoms with E-state index in [0.29, 0.717) is 30.2 Å². The van der Waals surface area contributed by atoms with Crippen LogP contribution in [0.5, 0.6) is 0 Å². The minimum Gasteiger partial charge on any atom is -0.457 e. The van der Waals surface area contributed by atoms with Crippen LogP contribution >= 0.6 is 11.3 Å². The Morgan fingerprint density at radius 3 is 2.06 bits per heavy atom. The molecule has 0 amide bonds. The standard InChI is InChI=1S/C43H55N3O7S/c1-8-18-34(47)42(4,5)36-23-14-12-10-11-13-20-29(3)26-38-45-32(27-51-38)40(49)52-37(43(6,7)35(48)19-9-2)24-17-22-31-30(44-31)21-15-16-25-39-46-33(28-54-39)41(50)53-36/h8-22,25,27-31,34-37,44,47-48H,23-24,26H2,1-7H3/b11-10-,14-12-,18-8+,19-9+,20-13+,21-15+,22-17-,25-16-/t29-,30-,31+,34-,35-,36-,37-/m0/s1. The number of oxazole rings is 1. The van der Waals surface area contributed by atoms with Gasteiger partial charge in [0.25, 0.3) is 0 Å². The largest absolute Gasteiger partial charge is 0.457 e. The van der Waals surface area contributed by atoms with Crippen molar-refractivity contribution in [1.29, 1.82) is 0 Å². The van der Waals surface area contributed by atoms with E-state index in [1.54, 1.807) is 29.7 Å². The van der Waals surface area contributed by atoms with E-state index in [4.69, 9.17) is 13.9 Å². The fourth-order valence-corrected chi connectivity index (χ4v) is 6.47. The molecule has 0 aromatic carbocycles. The predicted octanol–water partition coefficient (Wildman–Crippen LogP) is 7.92. The van der Waals surface area contributed by atoms with Crippen molar-refractivity contribution in [1.82, 2.24) is 15.3 Å². The lowest BCUT2D eigenvalue weighted by molar-refractivity contribution is -0.0461. The predicted molar refractivity (Wildman–Crippen MR) is 214 cm³/mol. The number of cyclic esters (lactones) is 2. The summed E-state index contributed by atoms with van der Waals surface area (Å²) in [6.07, 6.45) is 29.7. The Hall–Kier alpha value is -4.42. The number of aliphatic hydroxyl groups is 2. The topological polar surface area (TPSA) is 154 Å². The summed E-state index contributed by atoms with van der Waals surface area (Å²) in [5, 5.41) is 27.5. The maximum atomic E-state index is 13.3. The fourth-order valence-electron chi connectivity index (χ4n) is 5.78. The van der Waals surface area contributed by atoms with Gasteiger partial charge in [0.2, 0.25) is 0 Å². The first-order valence-corrected chi connectivity index (χ1v) is 19.3. The minimum atomic E-state index is -0.839. The molecule has 0 unspecified atom stereocenters. The second-order valence-corrected chi connectivity index (χ2v) is 15.7. The van der Waals surface area contributed by atoms with Crippen molar-refractivity contribution in [3.05, 3.63) is 125 Å². The van der Waals surface area contributed by atoms with Gasteiger partial charge < -0.3 is 29.4 Å². The van der Waals surface area contributed by atoms with Crippen LogP contribution in [0, 0.1) is 16.7 Å². The quantitative estimate of drug-likeness (QED) is 0.151. The number of thiazole rings is 1. The maximum absolute atomic E-state index is 13.3. The summed E-state index contributed by atoms with van der Waals surface area (Å²) >= 11 is 1.34. The Morgan fingerprint density at radius 1 is 0.796 bits per heavy atom. The van der Waals surface area contributed by atoms with E-state index in [-0.39, 0.29) is 29.4 Å². The number of carbonyl (C=O) groups is 2. The molecule has 2 aromatic rings. The Balaban J connectivity index is 1.56. The first kappa shape index (κ1) is 42.3. The third kappa shape index (κ3) is 12.0. The summed E-state index contributed by atoms with van der Waals surface area (Å²) in [4.78, 5) is 35.5. The molecule has 4 rings (SSSR count). The first-order chi connectivity index (χ1) is 25.8. The number of ether oxygens (including phenoxy) is 2. The van der Waals surface area contributed by atoms with Crippen molar-refractivity contribution in [3.8, 4) is 0 Å². The molecule has 290 valence electrons.